The largest absolute Gasteiger partial charge is 0.395 e. The molecule has 6 heteroatoms. The summed E-state index contributed by atoms with van der Waals surface area (Å²) in [5.74, 6) is 0.358. The number of hydrogen-bond acceptors (Lipinski definition) is 5. The predicted molar refractivity (Wildman–Crippen MR) is 53.5 cm³/mol. The summed E-state index contributed by atoms with van der Waals surface area (Å²) in [6.45, 7) is 3.45. The zero-order valence-electron chi connectivity index (χ0n) is 8.62. The van der Waals surface area contributed by atoms with Gasteiger partial charge in [-0.05, 0) is 6.92 Å². The van der Waals surface area contributed by atoms with Crippen LogP contribution in [0.1, 0.15) is 16.2 Å². The molecule has 15 heavy (non-hydrogen) atoms. The molecule has 6 nitrogen and oxygen atoms in total. The molecule has 0 atom stereocenters. The van der Waals surface area contributed by atoms with Gasteiger partial charge in [-0.1, -0.05) is 5.16 Å². The molecule has 0 spiro atoms. The number of aryl methyl sites for hydroxylation is 1. The summed E-state index contributed by atoms with van der Waals surface area (Å²) >= 11 is 0. The number of nitrogens with zero attached hydrogens (tertiary/aromatic N) is 1. The monoisotopic (exact) mass is 213 g/mol. The van der Waals surface area contributed by atoms with Crippen molar-refractivity contribution in [2.75, 3.05) is 26.2 Å². The number of aliphatic hydroxyl groups excluding tert-OH is 1. The van der Waals surface area contributed by atoms with Crippen LogP contribution in [0.3, 0.4) is 0 Å². The number of aliphatic hydroxyl groups is 1. The summed E-state index contributed by atoms with van der Waals surface area (Å²) in [4.78, 5) is 11.4. The van der Waals surface area contributed by atoms with Crippen molar-refractivity contribution in [2.45, 2.75) is 6.92 Å². The Balaban J connectivity index is 2.19. The van der Waals surface area contributed by atoms with E-state index in [-0.39, 0.29) is 18.2 Å². The quantitative estimate of drug-likeness (QED) is 0.544. The van der Waals surface area contributed by atoms with Gasteiger partial charge in [0.15, 0.2) is 5.69 Å². The molecule has 0 aliphatic carbocycles. The fourth-order valence-electron chi connectivity index (χ4n) is 1.03. The third-order valence-corrected chi connectivity index (χ3v) is 1.74. The topological polar surface area (TPSA) is 87.4 Å². The summed E-state index contributed by atoms with van der Waals surface area (Å²) in [5.41, 5.74) is 0.287. The van der Waals surface area contributed by atoms with Crippen LogP contribution in [0.15, 0.2) is 10.6 Å². The fourth-order valence-corrected chi connectivity index (χ4v) is 1.03. The first-order valence-corrected chi connectivity index (χ1v) is 4.77. The van der Waals surface area contributed by atoms with Crippen LogP contribution < -0.4 is 10.6 Å². The van der Waals surface area contributed by atoms with Crippen LogP contribution in [0.5, 0.6) is 0 Å². The normalized spacial score (nSPS) is 10.3. The molecule has 0 aliphatic rings. The maximum atomic E-state index is 11.4. The Hall–Kier alpha value is -1.40. The van der Waals surface area contributed by atoms with E-state index >= 15 is 0 Å². The maximum absolute atomic E-state index is 11.4. The van der Waals surface area contributed by atoms with Gasteiger partial charge in [0.25, 0.3) is 5.91 Å². The highest BCUT2D eigenvalue weighted by Crippen LogP contribution is 2.00. The van der Waals surface area contributed by atoms with Crippen LogP contribution in [0.25, 0.3) is 0 Å². The summed E-state index contributed by atoms with van der Waals surface area (Å²) < 4.78 is 4.77. The smallest absolute Gasteiger partial charge is 0.273 e. The van der Waals surface area contributed by atoms with Crippen LogP contribution in [0.2, 0.25) is 0 Å². The molecule has 0 saturated heterocycles. The van der Waals surface area contributed by atoms with Crippen molar-refractivity contribution < 1.29 is 14.4 Å². The number of carbonyl (C=O) groups excluding carboxylic acids is 1. The average molecular weight is 213 g/mol. The van der Waals surface area contributed by atoms with Gasteiger partial charge < -0.3 is 20.3 Å². The molecule has 0 fully saturated rings. The highest BCUT2D eigenvalue weighted by Gasteiger charge is 2.09. The lowest BCUT2D eigenvalue weighted by Crippen LogP contribution is -2.33. The molecule has 0 aliphatic heterocycles. The minimum Gasteiger partial charge on any atom is -0.395 e. The van der Waals surface area contributed by atoms with E-state index < -0.39 is 0 Å². The first-order chi connectivity index (χ1) is 7.24. The molecule has 1 rings (SSSR count). The lowest BCUT2D eigenvalue weighted by Gasteiger charge is -2.03. The van der Waals surface area contributed by atoms with Crippen molar-refractivity contribution in [1.29, 1.82) is 0 Å². The molecule has 0 radical (unpaired) electrons. The van der Waals surface area contributed by atoms with E-state index in [9.17, 15) is 4.79 Å². The number of aromatic nitrogens is 1. The molecule has 1 aromatic rings. The van der Waals surface area contributed by atoms with E-state index in [0.29, 0.717) is 25.4 Å². The Kier molecular flexibility index (Phi) is 4.79. The van der Waals surface area contributed by atoms with E-state index in [0.717, 1.165) is 0 Å². The minimum atomic E-state index is -0.252. The van der Waals surface area contributed by atoms with Gasteiger partial charge in [-0.3, -0.25) is 4.79 Å². The number of hydrogen-bond donors (Lipinski definition) is 3. The second kappa shape index (κ2) is 6.15. The molecular weight excluding hydrogens is 198 g/mol. The molecular formula is C9H15N3O3. The fraction of sp³-hybridized carbons (Fsp3) is 0.556. The predicted octanol–water partition coefficient (Wildman–Crippen LogP) is -0.705. The zero-order chi connectivity index (χ0) is 11.1. The van der Waals surface area contributed by atoms with Crippen molar-refractivity contribution in [3.63, 3.8) is 0 Å². The highest BCUT2D eigenvalue weighted by molar-refractivity contribution is 5.92. The van der Waals surface area contributed by atoms with Crippen molar-refractivity contribution in [1.82, 2.24) is 15.8 Å². The van der Waals surface area contributed by atoms with Gasteiger partial charge in [-0.2, -0.15) is 0 Å². The highest BCUT2D eigenvalue weighted by atomic mass is 16.5. The molecule has 1 amide bonds. The molecule has 0 bridgehead atoms. The van der Waals surface area contributed by atoms with Crippen molar-refractivity contribution in [3.05, 3.63) is 17.5 Å². The Morgan fingerprint density at radius 1 is 1.53 bits per heavy atom. The summed E-state index contributed by atoms with van der Waals surface area (Å²) in [6, 6.07) is 1.58. The van der Waals surface area contributed by atoms with E-state index in [1.54, 1.807) is 13.0 Å². The van der Waals surface area contributed by atoms with Gasteiger partial charge >= 0.3 is 0 Å². The second-order valence-electron chi connectivity index (χ2n) is 3.05. The van der Waals surface area contributed by atoms with Crippen molar-refractivity contribution in [2.24, 2.45) is 0 Å². The second-order valence-corrected chi connectivity index (χ2v) is 3.05. The molecule has 0 unspecified atom stereocenters. The number of amides is 1. The Morgan fingerprint density at radius 2 is 2.33 bits per heavy atom. The van der Waals surface area contributed by atoms with Gasteiger partial charge in [0.1, 0.15) is 5.76 Å². The van der Waals surface area contributed by atoms with Gasteiger partial charge in [0, 0.05) is 25.7 Å². The van der Waals surface area contributed by atoms with Crippen LogP contribution in [0, 0.1) is 6.92 Å². The zero-order valence-corrected chi connectivity index (χ0v) is 8.62. The van der Waals surface area contributed by atoms with Crippen LogP contribution in [-0.4, -0.2) is 42.4 Å². The Morgan fingerprint density at radius 3 is 2.93 bits per heavy atom. The van der Waals surface area contributed by atoms with Crippen LogP contribution >= 0.6 is 0 Å². The van der Waals surface area contributed by atoms with Crippen LogP contribution in [-0.2, 0) is 0 Å². The minimum absolute atomic E-state index is 0.0937. The summed E-state index contributed by atoms with van der Waals surface area (Å²) in [6.07, 6.45) is 0. The van der Waals surface area contributed by atoms with E-state index in [4.69, 9.17) is 9.63 Å². The molecule has 0 aromatic carbocycles. The molecule has 1 heterocycles. The van der Waals surface area contributed by atoms with Gasteiger partial charge in [0.2, 0.25) is 0 Å². The summed E-state index contributed by atoms with van der Waals surface area (Å²) in [7, 11) is 0. The van der Waals surface area contributed by atoms with E-state index in [1.165, 1.54) is 0 Å². The number of nitrogens with one attached hydrogen (secondary N) is 2. The van der Waals surface area contributed by atoms with Crippen molar-refractivity contribution in [3.8, 4) is 0 Å². The first-order valence-electron chi connectivity index (χ1n) is 4.77. The standard InChI is InChI=1S/C9H15N3O3/c1-7-6-8(12-15-7)9(14)11-3-2-10-4-5-13/h6,10,13H,2-5H2,1H3,(H,11,14). The average Bonchev–Trinajstić information content (AvgIpc) is 2.64. The van der Waals surface area contributed by atoms with Crippen molar-refractivity contribution >= 4 is 5.91 Å². The molecule has 84 valence electrons. The Labute approximate surface area is 87.6 Å². The third-order valence-electron chi connectivity index (χ3n) is 1.74. The van der Waals surface area contributed by atoms with Gasteiger partial charge in [-0.25, -0.2) is 0 Å². The molecule has 0 saturated carbocycles. The SMILES string of the molecule is Cc1cc(C(=O)NCCNCCO)no1. The first kappa shape index (κ1) is 11.7. The number of carbonyl (C=O) groups is 1. The molecule has 1 aromatic heterocycles. The third kappa shape index (κ3) is 4.09. The summed E-state index contributed by atoms with van der Waals surface area (Å²) in [5, 5.41) is 17.7. The van der Waals surface area contributed by atoms with Gasteiger partial charge in [0.05, 0.1) is 6.61 Å². The lowest BCUT2D eigenvalue weighted by molar-refractivity contribution is 0.0945. The number of rotatable bonds is 6. The van der Waals surface area contributed by atoms with Crippen LogP contribution in [0.4, 0.5) is 0 Å². The van der Waals surface area contributed by atoms with E-state index in [1.807, 2.05) is 0 Å². The molecule has 3 N–H and O–H groups in total. The van der Waals surface area contributed by atoms with Gasteiger partial charge in [-0.15, -0.1) is 0 Å². The maximum Gasteiger partial charge on any atom is 0.273 e. The lowest BCUT2D eigenvalue weighted by atomic mass is 10.3. The van der Waals surface area contributed by atoms with E-state index in [2.05, 4.69) is 15.8 Å². The Bertz CT molecular complexity index is 311.